The summed E-state index contributed by atoms with van der Waals surface area (Å²) in [5, 5.41) is 3.48. The van der Waals surface area contributed by atoms with Crippen LogP contribution in [0.15, 0.2) is 53.3 Å². The third-order valence-corrected chi connectivity index (χ3v) is 5.22. The average molecular weight is 393 g/mol. The van der Waals surface area contributed by atoms with Crippen LogP contribution in [0.1, 0.15) is 35.4 Å². The van der Waals surface area contributed by atoms with Crippen molar-refractivity contribution in [2.45, 2.75) is 32.4 Å². The summed E-state index contributed by atoms with van der Waals surface area (Å²) >= 11 is 0. The summed E-state index contributed by atoms with van der Waals surface area (Å²) in [5.41, 5.74) is 1.09. The molecule has 150 valence electrons. The smallest absolute Gasteiger partial charge is 0.295 e. The number of nitrogens with zero attached hydrogens (tertiary/aromatic N) is 2. The van der Waals surface area contributed by atoms with Crippen LogP contribution in [0.5, 0.6) is 0 Å². The van der Waals surface area contributed by atoms with Crippen molar-refractivity contribution >= 4 is 28.5 Å². The average Bonchev–Trinajstić information content (AvgIpc) is 3.40. The van der Waals surface area contributed by atoms with Crippen molar-refractivity contribution in [1.82, 2.24) is 14.8 Å². The van der Waals surface area contributed by atoms with Crippen molar-refractivity contribution in [3.05, 3.63) is 60.2 Å². The van der Waals surface area contributed by atoms with E-state index in [9.17, 15) is 14.4 Å². The van der Waals surface area contributed by atoms with Gasteiger partial charge in [0.15, 0.2) is 0 Å². The van der Waals surface area contributed by atoms with Gasteiger partial charge in [0.05, 0.1) is 18.4 Å². The van der Waals surface area contributed by atoms with Crippen molar-refractivity contribution in [1.29, 1.82) is 0 Å². The lowest BCUT2D eigenvalue weighted by Gasteiger charge is -2.25. The number of ketones is 1. The van der Waals surface area contributed by atoms with Gasteiger partial charge in [0.2, 0.25) is 5.91 Å². The number of hydrogen-bond acceptors (Lipinski definition) is 4. The number of amides is 2. The number of Topliss-reactive ketones (excluding diaryl/α,β-unsaturated/α-hetero) is 1. The Labute approximate surface area is 168 Å². The monoisotopic (exact) mass is 393 g/mol. The first-order valence-corrected chi connectivity index (χ1v) is 9.84. The molecular formula is C22H23N3O4. The highest BCUT2D eigenvalue weighted by Gasteiger charge is 2.27. The predicted molar refractivity (Wildman–Crippen MR) is 107 cm³/mol. The fourth-order valence-corrected chi connectivity index (χ4v) is 3.72. The summed E-state index contributed by atoms with van der Waals surface area (Å²) in [5.74, 6) is -0.519. The zero-order chi connectivity index (χ0) is 20.2. The van der Waals surface area contributed by atoms with Gasteiger partial charge >= 0.3 is 0 Å². The number of likely N-dealkylation sites (tertiary alicyclic amines) is 1. The number of para-hydroxylation sites is 1. The Balaban J connectivity index is 1.53. The largest absolute Gasteiger partial charge is 0.467 e. The number of piperidine rings is 1. The fourth-order valence-electron chi connectivity index (χ4n) is 3.72. The summed E-state index contributed by atoms with van der Waals surface area (Å²) in [4.78, 5) is 39.6. The van der Waals surface area contributed by atoms with E-state index in [1.807, 2.05) is 24.3 Å². The second kappa shape index (κ2) is 8.34. The standard InChI is InChI=1S/C22H23N3O4/c26-20(23-13-16-7-6-12-29-16)15-25-14-18(17-8-2-3-9-19(17)25)21(27)22(28)24-10-4-1-5-11-24/h2-3,6-9,12,14H,1,4-5,10-11,13,15H2,(H,23,26). The van der Waals surface area contributed by atoms with Crippen molar-refractivity contribution < 1.29 is 18.8 Å². The Bertz CT molecular complexity index is 1030. The molecule has 4 rings (SSSR count). The zero-order valence-corrected chi connectivity index (χ0v) is 16.1. The molecule has 0 unspecified atom stereocenters. The van der Waals surface area contributed by atoms with Gasteiger partial charge in [-0.3, -0.25) is 14.4 Å². The van der Waals surface area contributed by atoms with Gasteiger partial charge in [-0.05, 0) is 37.5 Å². The van der Waals surface area contributed by atoms with Crippen molar-refractivity contribution in [2.75, 3.05) is 13.1 Å². The van der Waals surface area contributed by atoms with Gasteiger partial charge < -0.3 is 19.2 Å². The minimum Gasteiger partial charge on any atom is -0.467 e. The molecular weight excluding hydrogens is 370 g/mol. The maximum Gasteiger partial charge on any atom is 0.295 e. The summed E-state index contributed by atoms with van der Waals surface area (Å²) in [7, 11) is 0. The molecule has 1 saturated heterocycles. The molecule has 2 amide bonds. The van der Waals surface area contributed by atoms with E-state index in [-0.39, 0.29) is 12.5 Å². The number of furan rings is 1. The van der Waals surface area contributed by atoms with Crippen molar-refractivity contribution in [3.63, 3.8) is 0 Å². The molecule has 1 aliphatic rings. The molecule has 3 aromatic rings. The predicted octanol–water partition coefficient (Wildman–Crippen LogP) is 2.75. The van der Waals surface area contributed by atoms with Crippen LogP contribution in [0.4, 0.5) is 0 Å². The highest BCUT2D eigenvalue weighted by Crippen LogP contribution is 2.23. The number of nitrogens with one attached hydrogen (secondary N) is 1. The molecule has 0 bridgehead atoms. The molecule has 1 aromatic carbocycles. The Morgan fingerprint density at radius 2 is 1.79 bits per heavy atom. The summed E-state index contributed by atoms with van der Waals surface area (Å²) < 4.78 is 6.93. The SMILES string of the molecule is O=C(Cn1cc(C(=O)C(=O)N2CCCCC2)c2ccccc21)NCc1ccco1. The molecule has 0 saturated carbocycles. The van der Waals surface area contributed by atoms with Crippen LogP contribution in [0, 0.1) is 0 Å². The quantitative estimate of drug-likeness (QED) is 0.516. The molecule has 7 nitrogen and oxygen atoms in total. The lowest BCUT2D eigenvalue weighted by atomic mass is 10.1. The highest BCUT2D eigenvalue weighted by atomic mass is 16.3. The molecule has 7 heteroatoms. The Morgan fingerprint density at radius 3 is 2.55 bits per heavy atom. The molecule has 2 aromatic heterocycles. The zero-order valence-electron chi connectivity index (χ0n) is 16.1. The summed E-state index contributed by atoms with van der Waals surface area (Å²) in [6, 6.07) is 10.9. The van der Waals surface area contributed by atoms with Crippen LogP contribution in [-0.2, 0) is 22.7 Å². The first kappa shape index (κ1) is 19.0. The van der Waals surface area contributed by atoms with Crippen molar-refractivity contribution in [2.24, 2.45) is 0 Å². The molecule has 0 radical (unpaired) electrons. The lowest BCUT2D eigenvalue weighted by Crippen LogP contribution is -2.40. The van der Waals surface area contributed by atoms with E-state index in [1.54, 1.807) is 34.1 Å². The van der Waals surface area contributed by atoms with Gasteiger partial charge in [0.25, 0.3) is 11.7 Å². The maximum absolute atomic E-state index is 12.9. The number of carbonyl (C=O) groups excluding carboxylic acids is 3. The molecule has 1 N–H and O–H groups in total. The van der Waals surface area contributed by atoms with E-state index in [2.05, 4.69) is 5.32 Å². The molecule has 0 atom stereocenters. The first-order valence-electron chi connectivity index (χ1n) is 9.84. The van der Waals surface area contributed by atoms with E-state index in [4.69, 9.17) is 4.42 Å². The van der Waals surface area contributed by atoms with Gasteiger partial charge in [-0.15, -0.1) is 0 Å². The van der Waals surface area contributed by atoms with E-state index < -0.39 is 11.7 Å². The van der Waals surface area contributed by atoms with Gasteiger partial charge in [-0.1, -0.05) is 18.2 Å². The minimum absolute atomic E-state index is 0.0480. The fraction of sp³-hybridized carbons (Fsp3) is 0.318. The van der Waals surface area contributed by atoms with Crippen LogP contribution in [0.25, 0.3) is 10.9 Å². The second-order valence-corrected chi connectivity index (χ2v) is 7.23. The number of rotatable bonds is 6. The Kier molecular flexibility index (Phi) is 5.46. The minimum atomic E-state index is -0.516. The Hall–Kier alpha value is -3.35. The number of fused-ring (bicyclic) bond motifs is 1. The van der Waals surface area contributed by atoms with Gasteiger partial charge in [0, 0.05) is 30.2 Å². The van der Waals surface area contributed by atoms with Gasteiger partial charge in [-0.25, -0.2) is 0 Å². The van der Waals surface area contributed by atoms with E-state index >= 15 is 0 Å². The third-order valence-electron chi connectivity index (χ3n) is 5.22. The van der Waals surface area contributed by atoms with E-state index in [0.717, 1.165) is 24.8 Å². The maximum atomic E-state index is 12.9. The van der Waals surface area contributed by atoms with E-state index in [0.29, 0.717) is 36.3 Å². The van der Waals surface area contributed by atoms with Crippen LogP contribution < -0.4 is 5.32 Å². The van der Waals surface area contributed by atoms with Crippen LogP contribution in [0.2, 0.25) is 0 Å². The molecule has 29 heavy (non-hydrogen) atoms. The molecule has 3 heterocycles. The summed E-state index contributed by atoms with van der Waals surface area (Å²) in [6.07, 6.45) is 6.11. The van der Waals surface area contributed by atoms with Crippen LogP contribution >= 0.6 is 0 Å². The molecule has 1 fully saturated rings. The first-order chi connectivity index (χ1) is 14.1. The summed E-state index contributed by atoms with van der Waals surface area (Å²) in [6.45, 7) is 1.59. The third kappa shape index (κ3) is 4.08. The van der Waals surface area contributed by atoms with Crippen LogP contribution in [-0.4, -0.2) is 40.2 Å². The molecule has 0 aliphatic carbocycles. The topological polar surface area (TPSA) is 84.5 Å². The van der Waals surface area contributed by atoms with Gasteiger partial charge in [0.1, 0.15) is 12.3 Å². The molecule has 0 spiro atoms. The number of carbonyl (C=O) groups is 3. The number of hydrogen-bond donors (Lipinski definition) is 1. The number of aromatic nitrogens is 1. The Morgan fingerprint density at radius 1 is 1.00 bits per heavy atom. The normalized spacial score (nSPS) is 14.1. The highest BCUT2D eigenvalue weighted by molar-refractivity contribution is 6.44. The van der Waals surface area contributed by atoms with Crippen LogP contribution in [0.3, 0.4) is 0 Å². The van der Waals surface area contributed by atoms with Crippen molar-refractivity contribution in [3.8, 4) is 0 Å². The number of benzene rings is 1. The second-order valence-electron chi connectivity index (χ2n) is 7.23. The van der Waals surface area contributed by atoms with E-state index in [1.165, 1.54) is 0 Å². The van der Waals surface area contributed by atoms with Gasteiger partial charge in [-0.2, -0.15) is 0 Å². The molecule has 1 aliphatic heterocycles. The lowest BCUT2D eigenvalue weighted by molar-refractivity contribution is -0.127.